The van der Waals surface area contributed by atoms with E-state index in [9.17, 15) is 0 Å². The lowest BCUT2D eigenvalue weighted by atomic mass is 9.97. The molecule has 2 rings (SSSR count). The number of hydrogen-bond acceptors (Lipinski definition) is 2. The van der Waals surface area contributed by atoms with Crippen LogP contribution in [0.1, 0.15) is 5.56 Å². The molecule has 1 aromatic rings. The van der Waals surface area contributed by atoms with Gasteiger partial charge in [0.1, 0.15) is 0 Å². The van der Waals surface area contributed by atoms with Crippen LogP contribution in [0.3, 0.4) is 0 Å². The van der Waals surface area contributed by atoms with Crippen molar-refractivity contribution in [2.24, 2.45) is 5.92 Å². The summed E-state index contributed by atoms with van der Waals surface area (Å²) in [6.45, 7) is 0. The molecule has 1 aliphatic rings. The smallest absolute Gasteiger partial charge is 0.304 e. The second kappa shape index (κ2) is 8.46. The number of nitrogens with one attached hydrogen (secondary N) is 1. The predicted molar refractivity (Wildman–Crippen MR) is 82.1 cm³/mol. The van der Waals surface area contributed by atoms with E-state index in [4.69, 9.17) is 10.2 Å². The third-order valence-electron chi connectivity index (χ3n) is 2.36. The fraction of sp³-hybridized carbons (Fsp3) is 0.0667. The molecular weight excluding hydrogens is 281 g/mol. The van der Waals surface area contributed by atoms with Gasteiger partial charge in [-0.05, 0) is 34.8 Å². The highest BCUT2D eigenvalue weighted by Gasteiger charge is 2.06. The van der Waals surface area contributed by atoms with Crippen molar-refractivity contribution in [3.05, 3.63) is 66.3 Å². The Labute approximate surface area is 122 Å². The van der Waals surface area contributed by atoms with E-state index in [2.05, 4.69) is 47.5 Å². The Kier molecular flexibility index (Phi) is 6.86. The summed E-state index contributed by atoms with van der Waals surface area (Å²) < 4.78 is -0.889. The minimum absolute atomic E-state index is 0.121. The van der Waals surface area contributed by atoms with Gasteiger partial charge in [-0.1, -0.05) is 60.7 Å². The quantitative estimate of drug-likeness (QED) is 0.762. The average molecular weight is 294 g/mol. The molecule has 0 bridgehead atoms. The number of allylic oxidation sites excluding steroid dienone is 5. The average Bonchev–Trinajstić information content (AvgIpc) is 2.38. The Hall–Kier alpha value is -1.64. The van der Waals surface area contributed by atoms with Crippen LogP contribution in [0.2, 0.25) is 0 Å². The molecule has 4 heteroatoms. The highest BCUT2D eigenvalue weighted by molar-refractivity contribution is 6.93. The second-order valence-corrected chi connectivity index (χ2v) is 4.60. The molecular formula is C15H13Cl2NO. The van der Waals surface area contributed by atoms with Crippen molar-refractivity contribution in [2.75, 3.05) is 0 Å². The van der Waals surface area contributed by atoms with Crippen molar-refractivity contribution in [3.8, 4) is 0 Å². The highest BCUT2D eigenvalue weighted by atomic mass is 35.5. The van der Waals surface area contributed by atoms with Gasteiger partial charge in [0.25, 0.3) is 0 Å². The van der Waals surface area contributed by atoms with Gasteiger partial charge in [-0.25, -0.2) is 0 Å². The van der Waals surface area contributed by atoms with E-state index in [1.54, 1.807) is 0 Å². The van der Waals surface area contributed by atoms with Gasteiger partial charge in [-0.2, -0.15) is 0 Å². The number of hydrogen-bond donors (Lipinski definition) is 1. The van der Waals surface area contributed by atoms with Crippen molar-refractivity contribution in [1.29, 1.82) is 5.41 Å². The Morgan fingerprint density at radius 3 is 2.37 bits per heavy atom. The first-order chi connectivity index (χ1) is 9.09. The van der Waals surface area contributed by atoms with Crippen LogP contribution in [-0.2, 0) is 0 Å². The first-order valence-corrected chi connectivity index (χ1v) is 6.36. The number of carbonyl (C=O) groups is 1. The van der Waals surface area contributed by atoms with Gasteiger partial charge in [0, 0.05) is 11.6 Å². The summed E-state index contributed by atoms with van der Waals surface area (Å²) in [5.41, 5.74) is 1.82. The molecule has 2 nitrogen and oxygen atoms in total. The third kappa shape index (κ3) is 6.75. The number of rotatable bonds is 2. The minimum atomic E-state index is -0.889. The van der Waals surface area contributed by atoms with Crippen molar-refractivity contribution in [1.82, 2.24) is 0 Å². The van der Waals surface area contributed by atoms with Gasteiger partial charge in [0.2, 0.25) is 0 Å². The monoisotopic (exact) mass is 293 g/mol. The van der Waals surface area contributed by atoms with Crippen LogP contribution in [0.4, 0.5) is 4.79 Å². The lowest BCUT2D eigenvalue weighted by molar-refractivity contribution is 0.275. The molecule has 19 heavy (non-hydrogen) atoms. The summed E-state index contributed by atoms with van der Waals surface area (Å²) >= 11 is 8.80. The largest absolute Gasteiger partial charge is 0.313 e. The van der Waals surface area contributed by atoms with Crippen molar-refractivity contribution in [2.45, 2.75) is 0 Å². The Bertz CT molecular complexity index is 514. The first kappa shape index (κ1) is 15.4. The molecule has 0 aromatic heterocycles. The van der Waals surface area contributed by atoms with Crippen molar-refractivity contribution in [3.63, 3.8) is 0 Å². The molecule has 1 aromatic carbocycles. The minimum Gasteiger partial charge on any atom is -0.304 e. The topological polar surface area (TPSA) is 40.9 Å². The van der Waals surface area contributed by atoms with E-state index in [1.807, 2.05) is 42.5 Å². The normalized spacial score (nSPS) is 17.2. The van der Waals surface area contributed by atoms with Crippen LogP contribution < -0.4 is 0 Å². The van der Waals surface area contributed by atoms with Crippen LogP contribution in [-0.4, -0.2) is 10.4 Å². The first-order valence-electron chi connectivity index (χ1n) is 5.61. The molecule has 1 aliphatic carbocycles. The van der Waals surface area contributed by atoms with Crippen LogP contribution in [0.15, 0.2) is 60.7 Å². The van der Waals surface area contributed by atoms with Crippen LogP contribution in [0, 0.1) is 11.3 Å². The van der Waals surface area contributed by atoms with E-state index < -0.39 is 4.70 Å². The lowest BCUT2D eigenvalue weighted by Gasteiger charge is -2.08. The molecule has 1 atom stereocenters. The maximum Gasteiger partial charge on any atom is 0.313 e. The molecule has 0 radical (unpaired) electrons. The standard InChI is InChI=1S/C14H13N.CCl2O/c15-14-9-5-4-8-13(14)11-10-12-6-2-1-3-7-12;2-1(3)4/h1-11,13,15H;. The predicted octanol–water partition coefficient (Wildman–Crippen LogP) is 5.05. The second-order valence-electron chi connectivity index (χ2n) is 3.72. The Morgan fingerprint density at radius 1 is 1.16 bits per heavy atom. The molecule has 0 aliphatic heterocycles. The summed E-state index contributed by atoms with van der Waals surface area (Å²) in [4.78, 5) is 8.98. The zero-order valence-corrected chi connectivity index (χ0v) is 11.6. The van der Waals surface area contributed by atoms with Gasteiger partial charge in [0.05, 0.1) is 0 Å². The Balaban J connectivity index is 0.000000399. The van der Waals surface area contributed by atoms with Crippen molar-refractivity contribution >= 4 is 39.7 Å². The van der Waals surface area contributed by atoms with Gasteiger partial charge in [-0.15, -0.1) is 0 Å². The van der Waals surface area contributed by atoms with Crippen LogP contribution in [0.25, 0.3) is 6.08 Å². The zero-order valence-electron chi connectivity index (χ0n) is 10.1. The zero-order chi connectivity index (χ0) is 14.1. The number of carbonyl (C=O) groups excluding carboxylic acids is 1. The summed E-state index contributed by atoms with van der Waals surface area (Å²) in [5.74, 6) is 0.121. The lowest BCUT2D eigenvalue weighted by Crippen LogP contribution is -2.07. The summed E-state index contributed by atoms with van der Waals surface area (Å²) in [7, 11) is 0. The maximum atomic E-state index is 8.98. The molecule has 98 valence electrons. The molecule has 0 spiro atoms. The molecule has 0 fully saturated rings. The van der Waals surface area contributed by atoms with E-state index >= 15 is 0 Å². The number of halogens is 2. The SMILES string of the molecule is N=C1C=CC=CC1C=Cc1ccccc1.O=C(Cl)Cl. The fourth-order valence-electron chi connectivity index (χ4n) is 1.50. The molecule has 1 N–H and O–H groups in total. The van der Waals surface area contributed by atoms with Gasteiger partial charge in [-0.3, -0.25) is 4.79 Å². The summed E-state index contributed by atoms with van der Waals surface area (Å²) in [6, 6.07) is 10.1. The molecule has 0 amide bonds. The molecule has 0 heterocycles. The Morgan fingerprint density at radius 2 is 1.79 bits per heavy atom. The summed E-state index contributed by atoms with van der Waals surface area (Å²) in [5, 5.41) is 7.72. The van der Waals surface area contributed by atoms with E-state index in [-0.39, 0.29) is 5.92 Å². The third-order valence-corrected chi connectivity index (χ3v) is 2.36. The van der Waals surface area contributed by atoms with Crippen molar-refractivity contribution < 1.29 is 4.79 Å². The van der Waals surface area contributed by atoms with E-state index in [1.165, 1.54) is 5.56 Å². The maximum absolute atomic E-state index is 8.98. The number of benzene rings is 1. The fourth-order valence-corrected chi connectivity index (χ4v) is 1.50. The molecule has 1 unspecified atom stereocenters. The molecule has 0 saturated carbocycles. The van der Waals surface area contributed by atoms with Crippen LogP contribution >= 0.6 is 23.2 Å². The van der Waals surface area contributed by atoms with Gasteiger partial charge in [0.15, 0.2) is 0 Å². The van der Waals surface area contributed by atoms with Gasteiger partial charge >= 0.3 is 4.70 Å². The highest BCUT2D eigenvalue weighted by Crippen LogP contribution is 2.12. The molecule has 0 saturated heterocycles. The van der Waals surface area contributed by atoms with E-state index in [0.717, 1.165) is 0 Å². The van der Waals surface area contributed by atoms with Crippen LogP contribution in [0.5, 0.6) is 0 Å². The van der Waals surface area contributed by atoms with E-state index in [0.29, 0.717) is 5.71 Å². The summed E-state index contributed by atoms with van der Waals surface area (Å²) in [6.07, 6.45) is 11.9. The van der Waals surface area contributed by atoms with Gasteiger partial charge < -0.3 is 5.41 Å².